The second-order valence-electron chi connectivity index (χ2n) is 6.24. The smallest absolute Gasteiger partial charge is 0.303 e. The summed E-state index contributed by atoms with van der Waals surface area (Å²) in [6.07, 6.45) is 6.76. The lowest BCUT2D eigenvalue weighted by atomic mass is 9.81. The second kappa shape index (κ2) is 9.77. The van der Waals surface area contributed by atoms with Crippen LogP contribution in [0.1, 0.15) is 58.3 Å². The van der Waals surface area contributed by atoms with Crippen LogP contribution in [-0.4, -0.2) is 30.1 Å². The molecule has 5 nitrogen and oxygen atoms in total. The van der Waals surface area contributed by atoms with Crippen molar-refractivity contribution in [2.24, 2.45) is 23.5 Å². The molecule has 0 saturated heterocycles. The van der Waals surface area contributed by atoms with Gasteiger partial charge in [-0.3, -0.25) is 9.59 Å². The van der Waals surface area contributed by atoms with E-state index in [9.17, 15) is 9.59 Å². The quantitative estimate of drug-likeness (QED) is 0.608. The summed E-state index contributed by atoms with van der Waals surface area (Å²) in [6, 6.07) is 0. The number of hydrogen-bond acceptors (Lipinski definition) is 3. The number of carbonyl (C=O) groups is 2. The van der Waals surface area contributed by atoms with Gasteiger partial charge in [-0.05, 0) is 56.9 Å². The normalized spacial score (nSPS) is 23.5. The third kappa shape index (κ3) is 6.93. The monoisotopic (exact) mass is 298 g/mol. The number of rotatable bonds is 9. The van der Waals surface area contributed by atoms with Gasteiger partial charge in [0, 0.05) is 18.9 Å². The lowest BCUT2D eigenvalue weighted by molar-refractivity contribution is -0.137. The molecule has 0 aromatic heterocycles. The molecule has 0 aliphatic heterocycles. The van der Waals surface area contributed by atoms with Crippen molar-refractivity contribution in [3.05, 3.63) is 0 Å². The fourth-order valence-electron chi connectivity index (χ4n) is 3.08. The van der Waals surface area contributed by atoms with E-state index in [2.05, 4.69) is 12.2 Å². The first-order chi connectivity index (χ1) is 10.1. The van der Waals surface area contributed by atoms with Gasteiger partial charge < -0.3 is 16.2 Å². The van der Waals surface area contributed by atoms with Crippen LogP contribution in [-0.2, 0) is 9.59 Å². The van der Waals surface area contributed by atoms with E-state index in [0.717, 1.165) is 45.1 Å². The molecule has 5 heteroatoms. The number of carboxylic acid groups (broad SMARTS) is 1. The average Bonchev–Trinajstić information content (AvgIpc) is 2.50. The van der Waals surface area contributed by atoms with Gasteiger partial charge in [0.25, 0.3) is 0 Å². The minimum Gasteiger partial charge on any atom is -0.481 e. The maximum absolute atomic E-state index is 12.1. The Bertz CT molecular complexity index is 325. The van der Waals surface area contributed by atoms with Crippen molar-refractivity contribution >= 4 is 11.9 Å². The van der Waals surface area contributed by atoms with E-state index in [4.69, 9.17) is 10.8 Å². The molecule has 1 atom stereocenters. The SMILES string of the molecule is CCC(CCNC(=O)C1CCC(CN)CC1)CCC(=O)O. The lowest BCUT2D eigenvalue weighted by Crippen LogP contribution is -2.35. The summed E-state index contributed by atoms with van der Waals surface area (Å²) < 4.78 is 0. The summed E-state index contributed by atoms with van der Waals surface area (Å²) >= 11 is 0. The number of carbonyl (C=O) groups excluding carboxylic acids is 1. The van der Waals surface area contributed by atoms with Gasteiger partial charge in [0.2, 0.25) is 5.91 Å². The summed E-state index contributed by atoms with van der Waals surface area (Å²) in [7, 11) is 0. The standard InChI is InChI=1S/C16H30N2O3/c1-2-12(5-8-15(19)20)9-10-18-16(21)14-6-3-13(11-17)4-7-14/h12-14H,2-11,17H2,1H3,(H,18,21)(H,19,20). The Kier molecular flexibility index (Phi) is 8.35. The molecule has 122 valence electrons. The van der Waals surface area contributed by atoms with Crippen LogP contribution < -0.4 is 11.1 Å². The maximum atomic E-state index is 12.1. The molecule has 0 bridgehead atoms. The number of amides is 1. The highest BCUT2D eigenvalue weighted by atomic mass is 16.4. The van der Waals surface area contributed by atoms with E-state index in [1.165, 1.54) is 0 Å². The fraction of sp³-hybridized carbons (Fsp3) is 0.875. The number of nitrogens with one attached hydrogen (secondary N) is 1. The number of aliphatic carboxylic acids is 1. The molecule has 1 saturated carbocycles. The van der Waals surface area contributed by atoms with Crippen LogP contribution >= 0.6 is 0 Å². The van der Waals surface area contributed by atoms with Crippen molar-refractivity contribution in [3.63, 3.8) is 0 Å². The van der Waals surface area contributed by atoms with Crippen LogP contribution in [0, 0.1) is 17.8 Å². The number of carboxylic acids is 1. The van der Waals surface area contributed by atoms with Gasteiger partial charge in [-0.2, -0.15) is 0 Å². The van der Waals surface area contributed by atoms with Gasteiger partial charge in [0.1, 0.15) is 0 Å². The van der Waals surface area contributed by atoms with Crippen LogP contribution in [0.5, 0.6) is 0 Å². The van der Waals surface area contributed by atoms with Crippen LogP contribution in [0.4, 0.5) is 0 Å². The van der Waals surface area contributed by atoms with Crippen molar-refractivity contribution < 1.29 is 14.7 Å². The third-order valence-electron chi connectivity index (χ3n) is 4.75. The summed E-state index contributed by atoms with van der Waals surface area (Å²) in [5.41, 5.74) is 5.66. The summed E-state index contributed by atoms with van der Waals surface area (Å²) in [4.78, 5) is 22.7. The minimum atomic E-state index is -0.742. The summed E-state index contributed by atoms with van der Waals surface area (Å²) in [5, 5.41) is 11.7. The molecule has 0 aromatic carbocycles. The molecule has 21 heavy (non-hydrogen) atoms. The van der Waals surface area contributed by atoms with Crippen molar-refractivity contribution in [2.75, 3.05) is 13.1 Å². The van der Waals surface area contributed by atoms with Crippen LogP contribution in [0.25, 0.3) is 0 Å². The van der Waals surface area contributed by atoms with Crippen molar-refractivity contribution in [3.8, 4) is 0 Å². The molecule has 0 heterocycles. The molecule has 1 aliphatic carbocycles. The van der Waals surface area contributed by atoms with Gasteiger partial charge in [-0.25, -0.2) is 0 Å². The first-order valence-corrected chi connectivity index (χ1v) is 8.26. The molecular formula is C16H30N2O3. The summed E-state index contributed by atoms with van der Waals surface area (Å²) in [5.74, 6) is 0.545. The molecule has 1 aliphatic rings. The van der Waals surface area contributed by atoms with Gasteiger partial charge in [-0.15, -0.1) is 0 Å². The van der Waals surface area contributed by atoms with E-state index in [0.29, 0.717) is 24.8 Å². The Morgan fingerprint density at radius 3 is 2.43 bits per heavy atom. The molecule has 0 radical (unpaired) electrons. The van der Waals surface area contributed by atoms with Gasteiger partial charge in [0.05, 0.1) is 0 Å². The largest absolute Gasteiger partial charge is 0.481 e. The van der Waals surface area contributed by atoms with E-state index < -0.39 is 5.97 Å². The third-order valence-corrected chi connectivity index (χ3v) is 4.75. The molecule has 1 fully saturated rings. The van der Waals surface area contributed by atoms with E-state index in [1.54, 1.807) is 0 Å². The first-order valence-electron chi connectivity index (χ1n) is 8.26. The zero-order valence-corrected chi connectivity index (χ0v) is 13.1. The van der Waals surface area contributed by atoms with Crippen LogP contribution in [0.3, 0.4) is 0 Å². The van der Waals surface area contributed by atoms with Crippen LogP contribution in [0.15, 0.2) is 0 Å². The first kappa shape index (κ1) is 18.0. The summed E-state index contributed by atoms with van der Waals surface area (Å²) in [6.45, 7) is 3.46. The highest BCUT2D eigenvalue weighted by Gasteiger charge is 2.25. The highest BCUT2D eigenvalue weighted by Crippen LogP contribution is 2.28. The van der Waals surface area contributed by atoms with Gasteiger partial charge in [-0.1, -0.05) is 13.3 Å². The van der Waals surface area contributed by atoms with Crippen molar-refractivity contribution in [1.29, 1.82) is 0 Å². The Hall–Kier alpha value is -1.10. The van der Waals surface area contributed by atoms with Gasteiger partial charge in [0.15, 0.2) is 0 Å². The Balaban J connectivity index is 2.19. The molecular weight excluding hydrogens is 268 g/mol. The zero-order valence-electron chi connectivity index (χ0n) is 13.1. The van der Waals surface area contributed by atoms with E-state index in [1.807, 2.05) is 0 Å². The predicted molar refractivity (Wildman–Crippen MR) is 82.8 cm³/mol. The Labute approximate surface area is 127 Å². The topological polar surface area (TPSA) is 92.4 Å². The highest BCUT2D eigenvalue weighted by molar-refractivity contribution is 5.78. The lowest BCUT2D eigenvalue weighted by Gasteiger charge is -2.27. The van der Waals surface area contributed by atoms with E-state index >= 15 is 0 Å². The molecule has 1 rings (SSSR count). The molecule has 1 unspecified atom stereocenters. The van der Waals surface area contributed by atoms with Crippen molar-refractivity contribution in [2.45, 2.75) is 58.3 Å². The second-order valence-corrected chi connectivity index (χ2v) is 6.24. The molecule has 0 spiro atoms. The average molecular weight is 298 g/mol. The number of hydrogen-bond donors (Lipinski definition) is 3. The number of nitrogens with two attached hydrogens (primary N) is 1. The predicted octanol–water partition coefficient (Wildman–Crippen LogP) is 2.15. The fourth-order valence-corrected chi connectivity index (χ4v) is 3.08. The Morgan fingerprint density at radius 2 is 1.90 bits per heavy atom. The molecule has 4 N–H and O–H groups in total. The molecule has 0 aromatic rings. The van der Waals surface area contributed by atoms with Gasteiger partial charge >= 0.3 is 5.97 Å². The maximum Gasteiger partial charge on any atom is 0.303 e. The minimum absolute atomic E-state index is 0.145. The zero-order chi connectivity index (χ0) is 15.7. The van der Waals surface area contributed by atoms with Crippen LogP contribution in [0.2, 0.25) is 0 Å². The Morgan fingerprint density at radius 1 is 1.24 bits per heavy atom. The van der Waals surface area contributed by atoms with Crippen molar-refractivity contribution in [1.82, 2.24) is 5.32 Å². The van der Waals surface area contributed by atoms with E-state index in [-0.39, 0.29) is 18.2 Å². The molecule has 1 amide bonds.